The molecule has 0 unspecified atom stereocenters. The van der Waals surface area contributed by atoms with Crippen molar-refractivity contribution in [1.29, 1.82) is 0 Å². The zero-order chi connectivity index (χ0) is 9.84. The third-order valence-corrected chi connectivity index (χ3v) is 4.11. The fourth-order valence-corrected chi connectivity index (χ4v) is 2.34. The van der Waals surface area contributed by atoms with Gasteiger partial charge in [-0.15, -0.1) is 0 Å². The molecule has 0 aromatic heterocycles. The van der Waals surface area contributed by atoms with E-state index in [1.807, 2.05) is 24.3 Å². The van der Waals surface area contributed by atoms with Crippen molar-refractivity contribution in [3.05, 3.63) is 28.7 Å². The van der Waals surface area contributed by atoms with Crippen molar-refractivity contribution in [3.63, 3.8) is 0 Å². The average Bonchev–Trinajstić information content (AvgIpc) is 2.08. The Balaban J connectivity index is 2.65. The summed E-state index contributed by atoms with van der Waals surface area (Å²) in [4.78, 5) is 13.2. The maximum absolute atomic E-state index is 11.3. The number of rotatable bonds is 2. The first-order valence-electron chi connectivity index (χ1n) is 3.74. The van der Waals surface area contributed by atoms with Crippen LogP contribution in [0.2, 0.25) is 0 Å². The van der Waals surface area contributed by atoms with Crippen LogP contribution in [0.3, 0.4) is 0 Å². The summed E-state index contributed by atoms with van der Waals surface area (Å²) < 4.78 is 2.15. The molecule has 0 atom stereocenters. The van der Waals surface area contributed by atoms with Gasteiger partial charge in [-0.05, 0) is 0 Å². The first-order chi connectivity index (χ1) is 6.09. The van der Waals surface area contributed by atoms with Gasteiger partial charge in [0.2, 0.25) is 0 Å². The van der Waals surface area contributed by atoms with Gasteiger partial charge in [0.15, 0.2) is 0 Å². The summed E-state index contributed by atoms with van der Waals surface area (Å²) in [6.07, 6.45) is 0. The van der Waals surface area contributed by atoms with Crippen LogP contribution in [0.15, 0.2) is 28.7 Å². The molecule has 0 heterocycles. The third-order valence-electron chi connectivity index (χ3n) is 1.38. The van der Waals surface area contributed by atoms with Crippen molar-refractivity contribution in [2.45, 2.75) is 0 Å². The number of hydrogen-bond acceptors (Lipinski definition) is 1. The summed E-state index contributed by atoms with van der Waals surface area (Å²) in [7, 11) is 3.56. The number of benzene rings is 1. The van der Waals surface area contributed by atoms with Gasteiger partial charge in [-0.3, -0.25) is 0 Å². The second kappa shape index (κ2) is 4.80. The summed E-state index contributed by atoms with van der Waals surface area (Å²) in [5, 5.41) is 0. The Morgan fingerprint density at radius 2 is 1.85 bits per heavy atom. The molecule has 2 nitrogen and oxygen atoms in total. The Morgan fingerprint density at radius 1 is 1.31 bits per heavy atom. The number of halogens is 1. The molecule has 1 aromatic rings. The van der Waals surface area contributed by atoms with Crippen LogP contribution in [0, 0.1) is 0 Å². The van der Waals surface area contributed by atoms with Crippen molar-refractivity contribution < 1.29 is 4.79 Å². The summed E-state index contributed by atoms with van der Waals surface area (Å²) in [6.45, 7) is 0. The molecule has 0 bridgehead atoms. The predicted molar refractivity (Wildman–Crippen MR) is 58.6 cm³/mol. The fraction of sp³-hybridized carbons (Fsp3) is 0.222. The molecule has 0 saturated heterocycles. The Kier molecular flexibility index (Phi) is 3.97. The van der Waals surface area contributed by atoms with Gasteiger partial charge < -0.3 is 0 Å². The minimum atomic E-state index is -0.0931. The van der Waals surface area contributed by atoms with Crippen LogP contribution >= 0.6 is 15.9 Å². The van der Waals surface area contributed by atoms with Crippen LogP contribution in [0.25, 0.3) is 0 Å². The maximum atomic E-state index is 11.3. The van der Waals surface area contributed by atoms with E-state index in [4.69, 9.17) is 0 Å². The van der Waals surface area contributed by atoms with Gasteiger partial charge in [-0.25, -0.2) is 0 Å². The Labute approximate surface area is 92.6 Å². The molecule has 13 heavy (non-hydrogen) atoms. The second-order valence-electron chi connectivity index (χ2n) is 2.72. The van der Waals surface area contributed by atoms with Crippen molar-refractivity contribution in [2.24, 2.45) is 0 Å². The Hall–Kier alpha value is -0.311. The van der Waals surface area contributed by atoms with Crippen LogP contribution in [-0.2, 0) is 0 Å². The minimum absolute atomic E-state index is 0.0931. The van der Waals surface area contributed by atoms with E-state index in [1.54, 1.807) is 19.0 Å². The molecular formula is C9H10BrNOSe. The summed E-state index contributed by atoms with van der Waals surface area (Å²) >= 11 is 3.26. The van der Waals surface area contributed by atoms with Crippen LogP contribution in [-0.4, -0.2) is 38.8 Å². The summed E-state index contributed by atoms with van der Waals surface area (Å²) in [5.41, 5.74) is 0. The van der Waals surface area contributed by atoms with Crippen molar-refractivity contribution in [2.75, 3.05) is 14.1 Å². The summed E-state index contributed by atoms with van der Waals surface area (Å²) in [5.74, 6) is 0. The number of carbonyl (C=O) groups excluding carboxylic acids is 1. The van der Waals surface area contributed by atoms with Gasteiger partial charge in [0.25, 0.3) is 0 Å². The molecule has 1 aromatic carbocycles. The number of carbonyl (C=O) groups is 1. The van der Waals surface area contributed by atoms with Crippen LogP contribution in [0.4, 0.5) is 4.79 Å². The molecule has 0 spiro atoms. The monoisotopic (exact) mass is 307 g/mol. The van der Waals surface area contributed by atoms with E-state index in [0.29, 0.717) is 0 Å². The van der Waals surface area contributed by atoms with Gasteiger partial charge in [0.05, 0.1) is 0 Å². The fourth-order valence-electron chi connectivity index (χ4n) is 0.695. The molecule has 0 N–H and O–H groups in total. The van der Waals surface area contributed by atoms with Crippen LogP contribution < -0.4 is 4.46 Å². The average molecular weight is 307 g/mol. The first-order valence-corrected chi connectivity index (χ1v) is 6.25. The molecule has 0 radical (unpaired) electrons. The van der Waals surface area contributed by atoms with Gasteiger partial charge in [0.1, 0.15) is 0 Å². The predicted octanol–water partition coefficient (Wildman–Crippen LogP) is 1.46. The van der Waals surface area contributed by atoms with E-state index in [0.717, 1.165) is 8.93 Å². The molecule has 0 aliphatic heterocycles. The molecule has 4 heteroatoms. The Bertz CT molecular complexity index is 297. The molecule has 0 aliphatic rings. The van der Waals surface area contributed by atoms with Crippen molar-refractivity contribution >= 4 is 40.2 Å². The molecule has 1 amide bonds. The van der Waals surface area contributed by atoms with Crippen LogP contribution in [0.1, 0.15) is 0 Å². The summed E-state index contributed by atoms with van der Waals surface area (Å²) in [6, 6.07) is 7.87. The zero-order valence-electron chi connectivity index (χ0n) is 7.45. The Morgan fingerprint density at radius 3 is 2.31 bits per heavy atom. The van der Waals surface area contributed by atoms with Gasteiger partial charge in [-0.2, -0.15) is 0 Å². The standard InChI is InChI=1S/C9H10BrNOSe/c1-11(2)9(12)13-8-5-3-7(10)4-6-8/h3-6H,1-2H3. The number of hydrogen-bond donors (Lipinski definition) is 0. The first kappa shape index (κ1) is 10.8. The van der Waals surface area contributed by atoms with E-state index >= 15 is 0 Å². The van der Waals surface area contributed by atoms with E-state index < -0.39 is 0 Å². The number of nitrogens with zero attached hydrogens (tertiary/aromatic N) is 1. The second-order valence-corrected chi connectivity index (χ2v) is 5.78. The molecule has 0 aliphatic carbocycles. The van der Waals surface area contributed by atoms with E-state index in [2.05, 4.69) is 15.9 Å². The molecule has 1 rings (SSSR count). The van der Waals surface area contributed by atoms with Crippen molar-refractivity contribution in [1.82, 2.24) is 4.90 Å². The molecule has 0 fully saturated rings. The van der Waals surface area contributed by atoms with E-state index in [9.17, 15) is 4.79 Å². The van der Waals surface area contributed by atoms with Crippen molar-refractivity contribution in [3.8, 4) is 0 Å². The molecule has 0 saturated carbocycles. The normalized spacial score (nSPS) is 9.77. The SMILES string of the molecule is CN(C)C(=O)[Se]c1ccc(Br)cc1. The van der Waals surface area contributed by atoms with Gasteiger partial charge in [-0.1, -0.05) is 0 Å². The molecular weight excluding hydrogens is 297 g/mol. The molecule has 70 valence electrons. The quantitative estimate of drug-likeness (QED) is 0.758. The van der Waals surface area contributed by atoms with E-state index in [-0.39, 0.29) is 19.8 Å². The third kappa shape index (κ3) is 3.51. The zero-order valence-corrected chi connectivity index (χ0v) is 10.8. The van der Waals surface area contributed by atoms with Gasteiger partial charge >= 0.3 is 92.7 Å². The number of amides is 1. The van der Waals surface area contributed by atoms with Crippen LogP contribution in [0.5, 0.6) is 0 Å². The van der Waals surface area contributed by atoms with Gasteiger partial charge in [0, 0.05) is 0 Å². The topological polar surface area (TPSA) is 20.3 Å². The van der Waals surface area contributed by atoms with E-state index in [1.165, 1.54) is 0 Å².